The second-order valence-corrected chi connectivity index (χ2v) is 6.34. The lowest BCUT2D eigenvalue weighted by atomic mass is 10.1. The Balaban J connectivity index is 1.63. The van der Waals surface area contributed by atoms with Gasteiger partial charge in [-0.25, -0.2) is 13.8 Å². The first kappa shape index (κ1) is 15.6. The summed E-state index contributed by atoms with van der Waals surface area (Å²) in [6.07, 6.45) is 3.38. The van der Waals surface area contributed by atoms with Crippen LogP contribution in [0.1, 0.15) is 5.69 Å². The van der Waals surface area contributed by atoms with E-state index in [1.54, 1.807) is 0 Å². The quantitative estimate of drug-likeness (QED) is 0.583. The van der Waals surface area contributed by atoms with Crippen LogP contribution >= 0.6 is 0 Å². The maximum atomic E-state index is 13.6. The van der Waals surface area contributed by atoms with Crippen LogP contribution in [0.4, 0.5) is 20.3 Å². The molecule has 0 saturated heterocycles. The molecular weight excluding hydrogens is 350 g/mol. The van der Waals surface area contributed by atoms with Crippen molar-refractivity contribution in [3.05, 3.63) is 72.2 Å². The number of rotatable bonds is 2. The predicted octanol–water partition coefficient (Wildman–Crippen LogP) is 4.12. The number of nitrogens with one attached hydrogen (secondary N) is 1. The van der Waals surface area contributed by atoms with Gasteiger partial charge in [-0.3, -0.25) is 14.7 Å². The van der Waals surface area contributed by atoms with E-state index >= 15 is 0 Å². The summed E-state index contributed by atoms with van der Waals surface area (Å²) in [7, 11) is 0. The number of aromatic nitrogens is 3. The molecule has 5 rings (SSSR count). The molecule has 0 atom stereocenters. The summed E-state index contributed by atoms with van der Waals surface area (Å²) in [6, 6.07) is 10.7. The van der Waals surface area contributed by atoms with Crippen molar-refractivity contribution in [1.82, 2.24) is 15.0 Å². The molecule has 0 spiro atoms. The molecule has 0 saturated carbocycles. The minimum atomic E-state index is -0.696. The van der Waals surface area contributed by atoms with E-state index in [9.17, 15) is 13.6 Å². The van der Waals surface area contributed by atoms with Crippen LogP contribution in [0.3, 0.4) is 0 Å². The summed E-state index contributed by atoms with van der Waals surface area (Å²) in [4.78, 5) is 26.0. The molecule has 1 aliphatic heterocycles. The molecule has 1 aliphatic rings. The zero-order chi connectivity index (χ0) is 18.5. The third-order valence-electron chi connectivity index (χ3n) is 4.56. The Labute approximate surface area is 152 Å². The summed E-state index contributed by atoms with van der Waals surface area (Å²) >= 11 is 0. The van der Waals surface area contributed by atoms with Crippen LogP contribution < -0.4 is 4.90 Å². The molecule has 1 N–H and O–H groups in total. The Hall–Kier alpha value is -3.61. The number of hydrogen-bond donors (Lipinski definition) is 1. The highest BCUT2D eigenvalue weighted by molar-refractivity contribution is 6.07. The van der Waals surface area contributed by atoms with E-state index in [-0.39, 0.29) is 17.9 Å². The number of fused-ring (bicyclic) bond motifs is 2. The van der Waals surface area contributed by atoms with Gasteiger partial charge in [0.15, 0.2) is 5.82 Å². The molecule has 4 aromatic rings. The minimum Gasteiger partial charge on any atom is -0.361 e. The summed E-state index contributed by atoms with van der Waals surface area (Å²) in [5.41, 5.74) is 2.73. The maximum absolute atomic E-state index is 13.6. The van der Waals surface area contributed by atoms with E-state index in [1.165, 1.54) is 23.2 Å². The van der Waals surface area contributed by atoms with E-state index in [4.69, 9.17) is 0 Å². The van der Waals surface area contributed by atoms with Gasteiger partial charge in [0.05, 0.1) is 29.7 Å². The van der Waals surface area contributed by atoms with E-state index in [0.29, 0.717) is 22.9 Å². The van der Waals surface area contributed by atoms with E-state index in [1.807, 2.05) is 30.5 Å². The van der Waals surface area contributed by atoms with E-state index in [2.05, 4.69) is 15.0 Å². The molecule has 0 aliphatic carbocycles. The Bertz CT molecular complexity index is 1200. The van der Waals surface area contributed by atoms with Crippen LogP contribution in [-0.2, 0) is 11.2 Å². The number of hydrogen-bond acceptors (Lipinski definition) is 3. The number of benzene rings is 2. The smallest absolute Gasteiger partial charge is 0.238 e. The normalized spacial score (nSPS) is 13.4. The molecule has 2 aromatic heterocycles. The fourth-order valence-electron chi connectivity index (χ4n) is 3.34. The number of H-pyrrole nitrogens is 1. The number of aromatic amines is 1. The lowest BCUT2D eigenvalue weighted by molar-refractivity contribution is -0.116. The van der Waals surface area contributed by atoms with Gasteiger partial charge in [-0.1, -0.05) is 0 Å². The zero-order valence-corrected chi connectivity index (χ0v) is 13.9. The lowest BCUT2D eigenvalue weighted by Gasteiger charge is -2.17. The third-order valence-corrected chi connectivity index (χ3v) is 4.56. The molecule has 1 amide bonds. The van der Waals surface area contributed by atoms with Crippen LogP contribution in [0.15, 0.2) is 54.9 Å². The molecule has 7 heteroatoms. The fraction of sp³-hybridized carbons (Fsp3) is 0.0500. The van der Waals surface area contributed by atoms with Gasteiger partial charge in [0, 0.05) is 28.7 Å². The standard InChI is InChI=1S/C20H12F2N4O/c21-13-5-12(6-14(22)8-13)18-10-24-17-9-19(27)26(20(17)25-18)15-1-2-16-11(7-15)3-4-23-16/h1-8,10,23H,9H2. The van der Waals surface area contributed by atoms with Crippen LogP contribution in [0, 0.1) is 11.6 Å². The van der Waals surface area contributed by atoms with Gasteiger partial charge in [0.2, 0.25) is 5.91 Å². The third kappa shape index (κ3) is 2.55. The van der Waals surface area contributed by atoms with Crippen LogP contribution in [-0.4, -0.2) is 20.9 Å². The van der Waals surface area contributed by atoms with Crippen molar-refractivity contribution < 1.29 is 13.6 Å². The van der Waals surface area contributed by atoms with Gasteiger partial charge in [0.1, 0.15) is 11.6 Å². The summed E-state index contributed by atoms with van der Waals surface area (Å²) in [5, 5.41) is 0.963. The first-order valence-electron chi connectivity index (χ1n) is 8.31. The van der Waals surface area contributed by atoms with Gasteiger partial charge < -0.3 is 4.98 Å². The monoisotopic (exact) mass is 362 g/mol. The number of amides is 1. The number of anilines is 2. The Kier molecular flexibility index (Phi) is 3.30. The topological polar surface area (TPSA) is 61.9 Å². The van der Waals surface area contributed by atoms with Gasteiger partial charge >= 0.3 is 0 Å². The number of nitrogens with zero attached hydrogens (tertiary/aromatic N) is 3. The van der Waals surface area contributed by atoms with Crippen LogP contribution in [0.25, 0.3) is 22.2 Å². The molecule has 2 aromatic carbocycles. The number of halogens is 2. The highest BCUT2D eigenvalue weighted by atomic mass is 19.1. The van der Waals surface area contributed by atoms with Crippen LogP contribution in [0.2, 0.25) is 0 Å². The highest BCUT2D eigenvalue weighted by Crippen LogP contribution is 2.35. The molecule has 0 bridgehead atoms. The highest BCUT2D eigenvalue weighted by Gasteiger charge is 2.32. The summed E-state index contributed by atoms with van der Waals surface area (Å²) < 4.78 is 27.1. The molecular formula is C20H12F2N4O. The van der Waals surface area contributed by atoms with Crippen molar-refractivity contribution >= 4 is 28.3 Å². The SMILES string of the molecule is O=C1Cc2ncc(-c3cc(F)cc(F)c3)nc2N1c1ccc2[nH]ccc2c1. The lowest BCUT2D eigenvalue weighted by Crippen LogP contribution is -2.21. The van der Waals surface area contributed by atoms with Gasteiger partial charge in [-0.2, -0.15) is 0 Å². The second kappa shape index (κ2) is 5.70. The van der Waals surface area contributed by atoms with Crippen molar-refractivity contribution in [2.24, 2.45) is 0 Å². The van der Waals surface area contributed by atoms with Crippen LogP contribution in [0.5, 0.6) is 0 Å². The first-order chi connectivity index (χ1) is 13.1. The molecule has 3 heterocycles. The average Bonchev–Trinajstić information content (AvgIpc) is 3.22. The molecule has 0 radical (unpaired) electrons. The maximum Gasteiger partial charge on any atom is 0.238 e. The predicted molar refractivity (Wildman–Crippen MR) is 96.5 cm³/mol. The van der Waals surface area contributed by atoms with Crippen molar-refractivity contribution in [2.45, 2.75) is 6.42 Å². The number of carbonyl (C=O) groups excluding carboxylic acids is 1. The van der Waals surface area contributed by atoms with Gasteiger partial charge in [-0.05, 0) is 36.4 Å². The Morgan fingerprint density at radius 3 is 2.67 bits per heavy atom. The summed E-state index contributed by atoms with van der Waals surface area (Å²) in [6.45, 7) is 0. The van der Waals surface area contributed by atoms with E-state index in [0.717, 1.165) is 17.0 Å². The van der Waals surface area contributed by atoms with Gasteiger partial charge in [-0.15, -0.1) is 0 Å². The second-order valence-electron chi connectivity index (χ2n) is 6.34. The van der Waals surface area contributed by atoms with Crippen molar-refractivity contribution in [1.29, 1.82) is 0 Å². The Morgan fingerprint density at radius 1 is 1.04 bits per heavy atom. The molecule has 5 nitrogen and oxygen atoms in total. The first-order valence-corrected chi connectivity index (χ1v) is 8.31. The minimum absolute atomic E-state index is 0.130. The van der Waals surface area contributed by atoms with Crippen molar-refractivity contribution in [2.75, 3.05) is 4.90 Å². The largest absolute Gasteiger partial charge is 0.361 e. The van der Waals surface area contributed by atoms with E-state index < -0.39 is 11.6 Å². The Morgan fingerprint density at radius 2 is 1.85 bits per heavy atom. The fourth-order valence-corrected chi connectivity index (χ4v) is 3.34. The van der Waals surface area contributed by atoms with Crippen molar-refractivity contribution in [3.8, 4) is 11.3 Å². The molecule has 0 unspecified atom stereocenters. The number of carbonyl (C=O) groups is 1. The van der Waals surface area contributed by atoms with Gasteiger partial charge in [0.25, 0.3) is 0 Å². The summed E-state index contributed by atoms with van der Waals surface area (Å²) in [5.74, 6) is -1.16. The zero-order valence-electron chi connectivity index (χ0n) is 13.9. The molecule has 0 fully saturated rings. The molecule has 27 heavy (non-hydrogen) atoms. The molecule has 132 valence electrons. The van der Waals surface area contributed by atoms with Crippen molar-refractivity contribution in [3.63, 3.8) is 0 Å². The average molecular weight is 362 g/mol.